The second-order valence-corrected chi connectivity index (χ2v) is 21.3. The van der Waals surface area contributed by atoms with E-state index in [1.807, 2.05) is 0 Å². The Morgan fingerprint density at radius 1 is 0.982 bits per heavy atom. The van der Waals surface area contributed by atoms with Crippen LogP contribution in [0.2, 0.25) is 25.7 Å². The Bertz CT molecular complexity index is 2180. The zero-order chi connectivity index (χ0) is 41.4. The van der Waals surface area contributed by atoms with Crippen molar-refractivity contribution in [1.29, 1.82) is 0 Å². The van der Waals surface area contributed by atoms with Crippen LogP contribution in [-0.2, 0) is 35.1 Å². The molecule has 2 atom stereocenters. The molecule has 3 aromatic heterocycles. The van der Waals surface area contributed by atoms with Crippen LogP contribution in [0.5, 0.6) is 0 Å². The van der Waals surface area contributed by atoms with E-state index in [1.54, 1.807) is 20.8 Å². The molecule has 4 heterocycles. The molecule has 1 aromatic carbocycles. The van der Waals surface area contributed by atoms with Gasteiger partial charge in [-0.1, -0.05) is 19.6 Å². The normalized spacial score (nSPS) is 16.8. The lowest BCUT2D eigenvalue weighted by Gasteiger charge is -2.31. The Morgan fingerprint density at radius 2 is 1.66 bits per heavy atom. The molecule has 1 amide bonds. The Kier molecular flexibility index (Phi) is 12.0. The number of hydrogen-bond donors (Lipinski definition) is 1. The van der Waals surface area contributed by atoms with Crippen molar-refractivity contribution in [2.75, 3.05) is 18.5 Å². The Labute approximate surface area is 317 Å². The zero-order valence-corrected chi connectivity index (χ0v) is 32.5. The molecule has 304 valence electrons. The number of fused-ring (bicyclic) bond motifs is 1. The number of hydrogen-bond acceptors (Lipinski definition) is 9. The molecule has 4 aromatic rings. The fourth-order valence-corrected chi connectivity index (χ4v) is 6.91. The quantitative estimate of drug-likeness (QED) is 0.0936. The molecule has 1 fully saturated rings. The molecule has 5 rings (SSSR count). The smallest absolute Gasteiger partial charge is 0.423 e. The van der Waals surface area contributed by atoms with Crippen LogP contribution in [0, 0.1) is 5.82 Å². The average Bonchev–Trinajstić information content (AvgIpc) is 3.47. The fourth-order valence-electron chi connectivity index (χ4n) is 6.16. The summed E-state index contributed by atoms with van der Waals surface area (Å²) < 4.78 is 110. The fraction of sp³-hybridized carbons (Fsp3) is 0.500. The molecule has 0 unspecified atom stereocenters. The summed E-state index contributed by atoms with van der Waals surface area (Å²) in [6.07, 6.45) is -7.01. The van der Waals surface area contributed by atoms with E-state index < -0.39 is 84.7 Å². The minimum atomic E-state index is -5.08. The maximum atomic E-state index is 15.3. The van der Waals surface area contributed by atoms with Gasteiger partial charge in [-0.25, -0.2) is 23.8 Å². The molecule has 56 heavy (non-hydrogen) atoms. The molecule has 12 nitrogen and oxygen atoms in total. The largest absolute Gasteiger partial charge is 0.444 e. The van der Waals surface area contributed by atoms with E-state index in [4.69, 9.17) is 9.47 Å². The predicted molar refractivity (Wildman–Crippen MR) is 195 cm³/mol. The number of carbonyl (C=O) groups excluding carboxylic acids is 1. The van der Waals surface area contributed by atoms with E-state index >= 15 is 4.39 Å². The Hall–Kier alpha value is -4.85. The number of halogens is 7. The van der Waals surface area contributed by atoms with E-state index in [-0.39, 0.29) is 54.7 Å². The van der Waals surface area contributed by atoms with Gasteiger partial charge in [0.15, 0.2) is 5.82 Å². The number of amides is 1. The van der Waals surface area contributed by atoms with Gasteiger partial charge in [0.1, 0.15) is 23.7 Å². The van der Waals surface area contributed by atoms with Crippen LogP contribution >= 0.6 is 0 Å². The number of ether oxygens (including phenoxy) is 2. The summed E-state index contributed by atoms with van der Waals surface area (Å²) >= 11 is 0. The topological polar surface area (TPSA) is 133 Å². The highest BCUT2D eigenvalue weighted by Gasteiger charge is 2.43. The molecule has 0 radical (unpaired) electrons. The molecular weight excluding hydrogens is 772 g/mol. The van der Waals surface area contributed by atoms with Crippen LogP contribution in [0.15, 0.2) is 52.6 Å². The van der Waals surface area contributed by atoms with Gasteiger partial charge in [-0.05, 0) is 63.2 Å². The summed E-state index contributed by atoms with van der Waals surface area (Å²) in [6.45, 7) is 11.0. The van der Waals surface area contributed by atoms with Gasteiger partial charge in [0.05, 0.1) is 34.4 Å². The van der Waals surface area contributed by atoms with Crippen LogP contribution in [-0.4, -0.2) is 74.2 Å². The van der Waals surface area contributed by atoms with Crippen molar-refractivity contribution in [2.24, 2.45) is 0 Å². The van der Waals surface area contributed by atoms with Crippen molar-refractivity contribution in [1.82, 2.24) is 29.2 Å². The summed E-state index contributed by atoms with van der Waals surface area (Å²) in [4.78, 5) is 48.6. The SMILES string of the molecule is CC(C)(C)OC(=O)N1CC[C@H](Nc2cnn(COCC[Si](C)(C)C)c(=O)c2C(F)(F)F)[C@H]1CCn1ccc2cc(-c3ncc(C(F)(F)F)cn3)c(F)cc2c1=O. The van der Waals surface area contributed by atoms with Crippen molar-refractivity contribution in [3.05, 3.63) is 80.6 Å². The Morgan fingerprint density at radius 3 is 2.27 bits per heavy atom. The van der Waals surface area contributed by atoms with Crippen LogP contribution in [0.1, 0.15) is 44.7 Å². The number of rotatable bonds is 11. The second-order valence-electron chi connectivity index (χ2n) is 15.7. The third-order valence-corrected chi connectivity index (χ3v) is 10.7. The molecule has 0 saturated carbocycles. The van der Waals surface area contributed by atoms with Gasteiger partial charge in [-0.2, -0.15) is 31.4 Å². The molecule has 1 aliphatic heterocycles. The van der Waals surface area contributed by atoms with Crippen molar-refractivity contribution >= 4 is 30.6 Å². The molecule has 1 N–H and O–H groups in total. The lowest BCUT2D eigenvalue weighted by atomic mass is 10.0. The summed E-state index contributed by atoms with van der Waals surface area (Å²) in [5.41, 5.74) is -6.38. The van der Waals surface area contributed by atoms with Crippen molar-refractivity contribution in [3.63, 3.8) is 0 Å². The molecule has 0 spiro atoms. The number of aromatic nitrogens is 5. The summed E-state index contributed by atoms with van der Waals surface area (Å²) in [5, 5.41) is 6.90. The van der Waals surface area contributed by atoms with Crippen LogP contribution in [0.3, 0.4) is 0 Å². The molecule has 0 bridgehead atoms. The number of carbonyl (C=O) groups is 1. The zero-order valence-electron chi connectivity index (χ0n) is 31.5. The third kappa shape index (κ3) is 10.1. The second kappa shape index (κ2) is 15.9. The van der Waals surface area contributed by atoms with E-state index in [2.05, 4.69) is 40.0 Å². The molecule has 20 heteroatoms. The van der Waals surface area contributed by atoms with Gasteiger partial charge in [0, 0.05) is 52.4 Å². The van der Waals surface area contributed by atoms with E-state index in [1.165, 1.54) is 27.8 Å². The average molecular weight is 814 g/mol. The highest BCUT2D eigenvalue weighted by molar-refractivity contribution is 6.76. The van der Waals surface area contributed by atoms with Crippen LogP contribution in [0.25, 0.3) is 22.2 Å². The minimum Gasteiger partial charge on any atom is -0.444 e. The number of alkyl halides is 6. The van der Waals surface area contributed by atoms with Gasteiger partial charge in [0.2, 0.25) is 0 Å². The van der Waals surface area contributed by atoms with Crippen molar-refractivity contribution in [3.8, 4) is 11.4 Å². The molecular formula is C36H42F7N7O5Si. The van der Waals surface area contributed by atoms with E-state index in [9.17, 15) is 40.7 Å². The summed E-state index contributed by atoms with van der Waals surface area (Å²) in [6, 6.07) is 2.66. The monoisotopic (exact) mass is 813 g/mol. The van der Waals surface area contributed by atoms with Gasteiger partial charge < -0.3 is 24.3 Å². The number of nitrogens with one attached hydrogen (secondary N) is 1. The van der Waals surface area contributed by atoms with Crippen molar-refractivity contribution < 1.29 is 45.0 Å². The first-order chi connectivity index (χ1) is 25.9. The molecule has 1 saturated heterocycles. The van der Waals surface area contributed by atoms with E-state index in [0.717, 1.165) is 18.3 Å². The van der Waals surface area contributed by atoms with Crippen LogP contribution in [0.4, 0.5) is 41.2 Å². The van der Waals surface area contributed by atoms with Gasteiger partial charge >= 0.3 is 18.4 Å². The maximum Gasteiger partial charge on any atom is 0.423 e. The highest BCUT2D eigenvalue weighted by atomic mass is 28.3. The number of anilines is 1. The number of benzene rings is 1. The molecule has 1 aliphatic rings. The first kappa shape index (κ1) is 42.3. The number of nitrogens with zero attached hydrogens (tertiary/aromatic N) is 6. The van der Waals surface area contributed by atoms with Gasteiger partial charge in [-0.15, -0.1) is 0 Å². The first-order valence-corrected chi connectivity index (χ1v) is 21.4. The van der Waals surface area contributed by atoms with Gasteiger partial charge in [0.25, 0.3) is 11.1 Å². The number of likely N-dealkylation sites (tertiary alicyclic amines) is 1. The first-order valence-electron chi connectivity index (χ1n) is 17.7. The minimum absolute atomic E-state index is 0.0130. The van der Waals surface area contributed by atoms with Crippen LogP contribution < -0.4 is 16.4 Å². The molecule has 0 aliphatic carbocycles. The van der Waals surface area contributed by atoms with Gasteiger partial charge in [-0.3, -0.25) is 9.59 Å². The number of aryl methyl sites for hydroxylation is 1. The predicted octanol–water partition coefficient (Wildman–Crippen LogP) is 7.38. The highest BCUT2D eigenvalue weighted by Crippen LogP contribution is 2.35. The lowest BCUT2D eigenvalue weighted by molar-refractivity contribution is -0.139. The summed E-state index contributed by atoms with van der Waals surface area (Å²) in [5.74, 6) is -1.28. The number of pyridine rings is 1. The lowest BCUT2D eigenvalue weighted by Crippen LogP contribution is -2.45. The maximum absolute atomic E-state index is 15.3. The van der Waals surface area contributed by atoms with Crippen molar-refractivity contribution in [2.45, 2.75) is 103 Å². The van der Waals surface area contributed by atoms with E-state index in [0.29, 0.717) is 17.1 Å². The summed E-state index contributed by atoms with van der Waals surface area (Å²) in [7, 11) is -1.50. The third-order valence-electron chi connectivity index (χ3n) is 9.00. The standard InChI is InChI=1S/C36H42F7N7O5Si/c1-34(2,3)55-33(53)49-12-8-26(47-27-19-46-50(20-54-13-14-56(4,5)6)32(52)29(27)36(41,42)43)28(49)9-11-48-10-7-21-15-24(25(37)16-23(21)31(48)51)30-44-17-22(18-45-30)35(38,39)40/h7,10,15-19,26,28,47H,8-9,11-14,20H2,1-6H3/t26-,28+/m0/s1. The Balaban J connectivity index is 1.42.